The Morgan fingerprint density at radius 1 is 1.28 bits per heavy atom. The van der Waals surface area contributed by atoms with Crippen molar-refractivity contribution in [1.82, 2.24) is 15.1 Å². The van der Waals surface area contributed by atoms with E-state index in [9.17, 15) is 4.79 Å². The van der Waals surface area contributed by atoms with Gasteiger partial charge in [-0.3, -0.25) is 4.79 Å². The van der Waals surface area contributed by atoms with Gasteiger partial charge in [0.25, 0.3) is 5.89 Å². The van der Waals surface area contributed by atoms with Gasteiger partial charge in [-0.25, -0.2) is 4.98 Å². The molecule has 0 atom stereocenters. The average molecular weight is 340 g/mol. The van der Waals surface area contributed by atoms with Gasteiger partial charge in [-0.05, 0) is 44.0 Å². The Labute approximate surface area is 143 Å². The van der Waals surface area contributed by atoms with Crippen LogP contribution >= 0.6 is 0 Å². The molecule has 8 heteroatoms. The van der Waals surface area contributed by atoms with Crippen LogP contribution < -0.4 is 10.1 Å². The SMILES string of the molecule is Cc1coc(C(=O)Nc2ccc(OCc3noc(C4CC4)n3)cc2)n1. The van der Waals surface area contributed by atoms with E-state index >= 15 is 0 Å². The Kier molecular flexibility index (Phi) is 3.93. The molecule has 0 spiro atoms. The van der Waals surface area contributed by atoms with Gasteiger partial charge in [-0.2, -0.15) is 4.98 Å². The number of hydrogen-bond acceptors (Lipinski definition) is 7. The predicted octanol–water partition coefficient (Wildman–Crippen LogP) is 3.07. The highest BCUT2D eigenvalue weighted by atomic mass is 16.5. The number of amides is 1. The lowest BCUT2D eigenvalue weighted by molar-refractivity contribution is 0.0990. The number of nitrogens with zero attached hydrogens (tertiary/aromatic N) is 3. The minimum Gasteiger partial charge on any atom is -0.485 e. The molecule has 4 rings (SSSR count). The van der Waals surface area contributed by atoms with Crippen LogP contribution in [0.5, 0.6) is 5.75 Å². The molecule has 3 aromatic rings. The van der Waals surface area contributed by atoms with Crippen molar-refractivity contribution in [2.24, 2.45) is 0 Å². The second kappa shape index (κ2) is 6.39. The highest BCUT2D eigenvalue weighted by molar-refractivity contribution is 6.00. The minimum atomic E-state index is -0.402. The molecule has 1 fully saturated rings. The lowest BCUT2D eigenvalue weighted by atomic mass is 10.3. The van der Waals surface area contributed by atoms with Crippen LogP contribution in [0.3, 0.4) is 0 Å². The van der Waals surface area contributed by atoms with E-state index in [4.69, 9.17) is 13.7 Å². The van der Waals surface area contributed by atoms with E-state index in [-0.39, 0.29) is 12.5 Å². The third kappa shape index (κ3) is 3.68. The van der Waals surface area contributed by atoms with Gasteiger partial charge < -0.3 is 19.0 Å². The van der Waals surface area contributed by atoms with Gasteiger partial charge in [-0.15, -0.1) is 0 Å². The maximum atomic E-state index is 12.0. The van der Waals surface area contributed by atoms with Gasteiger partial charge in [0.15, 0.2) is 6.61 Å². The second-order valence-electron chi connectivity index (χ2n) is 5.88. The second-order valence-corrected chi connectivity index (χ2v) is 5.88. The van der Waals surface area contributed by atoms with Crippen LogP contribution in [-0.2, 0) is 6.61 Å². The summed E-state index contributed by atoms with van der Waals surface area (Å²) in [6, 6.07) is 6.96. The van der Waals surface area contributed by atoms with E-state index < -0.39 is 5.91 Å². The topological polar surface area (TPSA) is 103 Å². The summed E-state index contributed by atoms with van der Waals surface area (Å²) in [6.07, 6.45) is 3.66. The van der Waals surface area contributed by atoms with Gasteiger partial charge in [-0.1, -0.05) is 5.16 Å². The fourth-order valence-corrected chi connectivity index (χ4v) is 2.25. The first-order chi connectivity index (χ1) is 12.2. The highest BCUT2D eigenvalue weighted by Crippen LogP contribution is 2.38. The molecular formula is C17H16N4O4. The number of aryl methyl sites for hydroxylation is 1. The maximum Gasteiger partial charge on any atom is 0.311 e. The van der Waals surface area contributed by atoms with Crippen LogP contribution in [-0.4, -0.2) is 21.0 Å². The summed E-state index contributed by atoms with van der Waals surface area (Å²) < 4.78 is 15.9. The molecule has 1 aliphatic rings. The van der Waals surface area contributed by atoms with Crippen molar-refractivity contribution < 1.29 is 18.5 Å². The van der Waals surface area contributed by atoms with E-state index in [1.807, 2.05) is 0 Å². The quantitative estimate of drug-likeness (QED) is 0.735. The molecule has 0 saturated heterocycles. The number of rotatable bonds is 6. The van der Waals surface area contributed by atoms with Crippen LogP contribution in [0.15, 0.2) is 39.5 Å². The average Bonchev–Trinajstić information content (AvgIpc) is 3.19. The van der Waals surface area contributed by atoms with E-state index in [1.54, 1.807) is 31.2 Å². The third-order valence-electron chi connectivity index (χ3n) is 3.70. The summed E-state index contributed by atoms with van der Waals surface area (Å²) in [4.78, 5) is 20.2. The molecule has 1 N–H and O–H groups in total. The minimum absolute atomic E-state index is 0.0291. The molecule has 2 aromatic heterocycles. The van der Waals surface area contributed by atoms with Crippen molar-refractivity contribution in [1.29, 1.82) is 0 Å². The van der Waals surface area contributed by atoms with Crippen molar-refractivity contribution in [3.63, 3.8) is 0 Å². The number of oxazole rings is 1. The van der Waals surface area contributed by atoms with Crippen molar-refractivity contribution in [2.75, 3.05) is 5.32 Å². The number of anilines is 1. The summed E-state index contributed by atoms with van der Waals surface area (Å²) in [5, 5.41) is 6.60. The van der Waals surface area contributed by atoms with E-state index in [0.29, 0.717) is 34.8 Å². The maximum absolute atomic E-state index is 12.0. The zero-order chi connectivity index (χ0) is 17.2. The Morgan fingerprint density at radius 3 is 2.76 bits per heavy atom. The molecule has 0 bridgehead atoms. The molecule has 128 valence electrons. The van der Waals surface area contributed by atoms with Crippen LogP contribution in [0.4, 0.5) is 5.69 Å². The summed E-state index contributed by atoms with van der Waals surface area (Å²) in [6.45, 7) is 1.99. The predicted molar refractivity (Wildman–Crippen MR) is 86.2 cm³/mol. The van der Waals surface area contributed by atoms with Crippen molar-refractivity contribution in [3.05, 3.63) is 53.8 Å². The Balaban J connectivity index is 1.32. The van der Waals surface area contributed by atoms with Crippen molar-refractivity contribution in [2.45, 2.75) is 32.3 Å². The summed E-state index contributed by atoms with van der Waals surface area (Å²) in [5.41, 5.74) is 1.27. The number of aromatic nitrogens is 3. The summed E-state index contributed by atoms with van der Waals surface area (Å²) in [7, 11) is 0. The lowest BCUT2D eigenvalue weighted by Crippen LogP contribution is -2.12. The molecule has 1 aromatic carbocycles. The number of nitrogens with one attached hydrogen (secondary N) is 1. The molecule has 1 aliphatic carbocycles. The van der Waals surface area contributed by atoms with Crippen LogP contribution in [0.25, 0.3) is 0 Å². The number of hydrogen-bond donors (Lipinski definition) is 1. The zero-order valence-electron chi connectivity index (χ0n) is 13.6. The zero-order valence-corrected chi connectivity index (χ0v) is 13.6. The number of ether oxygens (including phenoxy) is 1. The number of carbonyl (C=O) groups is 1. The van der Waals surface area contributed by atoms with Crippen LogP contribution in [0, 0.1) is 6.92 Å². The van der Waals surface area contributed by atoms with Crippen LogP contribution in [0.2, 0.25) is 0 Å². The van der Waals surface area contributed by atoms with Gasteiger partial charge >= 0.3 is 5.91 Å². The van der Waals surface area contributed by atoms with Gasteiger partial charge in [0.05, 0.1) is 5.69 Å². The normalized spacial score (nSPS) is 13.6. The fraction of sp³-hybridized carbons (Fsp3) is 0.294. The first-order valence-corrected chi connectivity index (χ1v) is 7.96. The van der Waals surface area contributed by atoms with Crippen molar-refractivity contribution in [3.8, 4) is 5.75 Å². The Morgan fingerprint density at radius 2 is 2.08 bits per heavy atom. The molecule has 1 amide bonds. The summed E-state index contributed by atoms with van der Waals surface area (Å²) >= 11 is 0. The molecule has 25 heavy (non-hydrogen) atoms. The smallest absolute Gasteiger partial charge is 0.311 e. The van der Waals surface area contributed by atoms with Gasteiger partial charge in [0, 0.05) is 11.6 Å². The molecule has 8 nitrogen and oxygen atoms in total. The molecule has 2 heterocycles. The first kappa shape index (κ1) is 15.4. The molecule has 0 unspecified atom stereocenters. The van der Waals surface area contributed by atoms with E-state index in [1.165, 1.54) is 6.26 Å². The molecule has 1 saturated carbocycles. The van der Waals surface area contributed by atoms with Crippen LogP contribution in [0.1, 0.15) is 46.9 Å². The number of benzene rings is 1. The largest absolute Gasteiger partial charge is 0.485 e. The molecule has 0 aliphatic heterocycles. The lowest BCUT2D eigenvalue weighted by Gasteiger charge is -2.05. The van der Waals surface area contributed by atoms with E-state index in [0.717, 1.165) is 12.8 Å². The third-order valence-corrected chi connectivity index (χ3v) is 3.70. The van der Waals surface area contributed by atoms with Gasteiger partial charge in [0.2, 0.25) is 11.7 Å². The summed E-state index contributed by atoms with van der Waals surface area (Å²) in [5.74, 6) is 1.92. The van der Waals surface area contributed by atoms with E-state index in [2.05, 4.69) is 20.4 Å². The molecular weight excluding hydrogens is 324 g/mol. The monoisotopic (exact) mass is 340 g/mol. The Hall–Kier alpha value is -3.16. The van der Waals surface area contributed by atoms with Crippen molar-refractivity contribution >= 4 is 11.6 Å². The molecule has 0 radical (unpaired) electrons. The first-order valence-electron chi connectivity index (χ1n) is 7.96. The van der Waals surface area contributed by atoms with Gasteiger partial charge in [0.1, 0.15) is 12.0 Å². The standard InChI is InChI=1S/C17H16N4O4/c1-10-8-24-17(18-10)15(22)19-12-4-6-13(7-5-12)23-9-14-20-16(25-21-14)11-2-3-11/h4-8,11H,2-3,9H2,1H3,(H,19,22). The fourth-order valence-electron chi connectivity index (χ4n) is 2.25. The number of carbonyl (C=O) groups excluding carboxylic acids is 1. The highest BCUT2D eigenvalue weighted by Gasteiger charge is 2.29. The Bertz CT molecular complexity index is 880.